The van der Waals surface area contributed by atoms with E-state index < -0.39 is 0 Å². The monoisotopic (exact) mass is 461 g/mol. The highest BCUT2D eigenvalue weighted by Gasteiger charge is 2.28. The Bertz CT molecular complexity index is 1120. The predicted molar refractivity (Wildman–Crippen MR) is 133 cm³/mol. The third-order valence-corrected chi connectivity index (χ3v) is 7.21. The van der Waals surface area contributed by atoms with E-state index in [1.54, 1.807) is 11.3 Å². The van der Waals surface area contributed by atoms with Gasteiger partial charge in [0.05, 0.1) is 12.5 Å². The molecule has 0 unspecified atom stereocenters. The van der Waals surface area contributed by atoms with Crippen LogP contribution >= 0.6 is 11.3 Å². The highest BCUT2D eigenvalue weighted by Crippen LogP contribution is 2.35. The summed E-state index contributed by atoms with van der Waals surface area (Å²) in [4.78, 5) is 19.1. The normalized spacial score (nSPS) is 17.5. The zero-order chi connectivity index (χ0) is 22.5. The van der Waals surface area contributed by atoms with Crippen molar-refractivity contribution in [2.24, 2.45) is 4.99 Å². The van der Waals surface area contributed by atoms with Crippen molar-refractivity contribution in [3.05, 3.63) is 70.5 Å². The van der Waals surface area contributed by atoms with Gasteiger partial charge in [-0.3, -0.25) is 9.79 Å². The first-order valence-electron chi connectivity index (χ1n) is 12.1. The van der Waals surface area contributed by atoms with Crippen molar-refractivity contribution < 1.29 is 9.53 Å². The van der Waals surface area contributed by atoms with Crippen molar-refractivity contribution in [2.75, 3.05) is 5.32 Å². The highest BCUT2D eigenvalue weighted by atomic mass is 32.1. The van der Waals surface area contributed by atoms with Gasteiger partial charge in [-0.05, 0) is 62.1 Å². The summed E-state index contributed by atoms with van der Waals surface area (Å²) in [6, 6.07) is 18.1. The first kappa shape index (κ1) is 22.0. The Morgan fingerprint density at radius 2 is 1.64 bits per heavy atom. The minimum absolute atomic E-state index is 0.0000517. The number of rotatable bonds is 7. The quantitative estimate of drug-likeness (QED) is 0.409. The smallest absolute Gasteiger partial charge is 0.230 e. The van der Waals surface area contributed by atoms with Gasteiger partial charge in [0, 0.05) is 22.8 Å². The lowest BCUT2D eigenvalue weighted by Crippen LogP contribution is -2.23. The maximum absolute atomic E-state index is 12.8. The van der Waals surface area contributed by atoms with Gasteiger partial charge < -0.3 is 14.6 Å². The molecule has 1 aromatic heterocycles. The molecule has 0 aliphatic heterocycles. The molecule has 2 aliphatic carbocycles. The van der Waals surface area contributed by atoms with Gasteiger partial charge in [0.2, 0.25) is 5.91 Å². The molecule has 5 rings (SSSR count). The lowest BCUT2D eigenvalue weighted by molar-refractivity contribution is -0.115. The Hall–Kier alpha value is -2.86. The number of amides is 1. The van der Waals surface area contributed by atoms with Gasteiger partial charge >= 0.3 is 0 Å². The van der Waals surface area contributed by atoms with Crippen LogP contribution in [0.4, 0.5) is 5.69 Å². The molecule has 0 bridgehead atoms. The number of anilines is 1. The summed E-state index contributed by atoms with van der Waals surface area (Å²) in [5.41, 5.74) is 1.85. The number of hydrogen-bond donors (Lipinski definition) is 1. The number of ether oxygens (including phenoxy) is 1. The number of carbonyl (C=O) groups excluding carboxylic acids is 1. The number of nitrogens with zero attached hydrogens (tertiary/aromatic N) is 2. The van der Waals surface area contributed by atoms with Crippen molar-refractivity contribution in [3.63, 3.8) is 0 Å². The Morgan fingerprint density at radius 1 is 0.939 bits per heavy atom. The summed E-state index contributed by atoms with van der Waals surface area (Å²) in [5, 5.41) is 5.16. The zero-order valence-corrected chi connectivity index (χ0v) is 19.7. The molecule has 0 atom stereocenters. The molecule has 2 aliphatic rings. The van der Waals surface area contributed by atoms with Gasteiger partial charge in [0.1, 0.15) is 11.5 Å². The lowest BCUT2D eigenvalue weighted by atomic mass is 10.1. The SMILES string of the molecule is O=C(Cc1csc(=NC2CCCCCC2)n1C1CC1)Nc1ccc(Oc2ccccc2)cc1. The molecule has 2 fully saturated rings. The number of benzene rings is 2. The predicted octanol–water partition coefficient (Wildman–Crippen LogP) is 6.48. The third-order valence-electron chi connectivity index (χ3n) is 6.30. The molecule has 0 spiro atoms. The van der Waals surface area contributed by atoms with Gasteiger partial charge in [-0.2, -0.15) is 0 Å². The minimum atomic E-state index is -0.0000517. The lowest BCUT2D eigenvalue weighted by Gasteiger charge is -2.11. The topological polar surface area (TPSA) is 55.6 Å². The summed E-state index contributed by atoms with van der Waals surface area (Å²) in [7, 11) is 0. The van der Waals surface area contributed by atoms with E-state index in [-0.39, 0.29) is 5.91 Å². The molecule has 2 aromatic carbocycles. The molecular formula is C27H31N3O2S. The average Bonchev–Trinajstić information content (AvgIpc) is 3.63. The minimum Gasteiger partial charge on any atom is -0.457 e. The molecule has 172 valence electrons. The summed E-state index contributed by atoms with van der Waals surface area (Å²) in [5.74, 6) is 1.54. The maximum Gasteiger partial charge on any atom is 0.230 e. The van der Waals surface area contributed by atoms with E-state index in [2.05, 4.69) is 15.3 Å². The Labute approximate surface area is 199 Å². The van der Waals surface area contributed by atoms with Gasteiger partial charge in [-0.25, -0.2) is 0 Å². The van der Waals surface area contributed by atoms with Crippen molar-refractivity contribution in [1.29, 1.82) is 0 Å². The van der Waals surface area contributed by atoms with Gasteiger partial charge in [0.25, 0.3) is 0 Å². The number of nitrogens with one attached hydrogen (secondary N) is 1. The number of para-hydroxylation sites is 1. The van der Waals surface area contributed by atoms with Crippen molar-refractivity contribution in [2.45, 2.75) is 69.9 Å². The Balaban J connectivity index is 1.24. The fraction of sp³-hybridized carbons (Fsp3) is 0.407. The van der Waals surface area contributed by atoms with Crippen LogP contribution in [0.15, 0.2) is 65.0 Å². The molecule has 33 heavy (non-hydrogen) atoms. The summed E-state index contributed by atoms with van der Waals surface area (Å²) >= 11 is 1.70. The van der Waals surface area contributed by atoms with Crippen LogP contribution in [0.3, 0.4) is 0 Å². The second kappa shape index (κ2) is 10.4. The van der Waals surface area contributed by atoms with Crippen LogP contribution in [0.1, 0.15) is 63.1 Å². The molecule has 6 heteroatoms. The van der Waals surface area contributed by atoms with Crippen molar-refractivity contribution in [1.82, 2.24) is 4.57 Å². The maximum atomic E-state index is 12.8. The number of hydrogen-bond acceptors (Lipinski definition) is 4. The number of aromatic nitrogens is 1. The number of carbonyl (C=O) groups is 1. The molecule has 1 N–H and O–H groups in total. The van der Waals surface area contributed by atoms with Crippen LogP contribution in [0.5, 0.6) is 11.5 Å². The average molecular weight is 462 g/mol. The van der Waals surface area contributed by atoms with Gasteiger partial charge in [0.15, 0.2) is 4.80 Å². The van der Waals surface area contributed by atoms with E-state index in [1.165, 1.54) is 51.4 Å². The molecule has 5 nitrogen and oxygen atoms in total. The van der Waals surface area contributed by atoms with E-state index in [0.717, 1.165) is 27.7 Å². The highest BCUT2D eigenvalue weighted by molar-refractivity contribution is 7.07. The first-order chi connectivity index (χ1) is 16.2. The zero-order valence-electron chi connectivity index (χ0n) is 18.9. The third kappa shape index (κ3) is 5.93. The summed E-state index contributed by atoms with van der Waals surface area (Å²) < 4.78 is 8.17. The molecule has 1 amide bonds. The molecule has 2 saturated carbocycles. The molecule has 0 radical (unpaired) electrons. The van der Waals surface area contributed by atoms with Crippen LogP contribution in [0, 0.1) is 0 Å². The fourth-order valence-electron chi connectivity index (χ4n) is 4.44. The van der Waals surface area contributed by atoms with E-state index in [0.29, 0.717) is 18.5 Å². The second-order valence-electron chi connectivity index (χ2n) is 9.05. The summed E-state index contributed by atoms with van der Waals surface area (Å²) in [6.07, 6.45) is 10.4. The van der Waals surface area contributed by atoms with Crippen LogP contribution in [-0.4, -0.2) is 16.5 Å². The van der Waals surface area contributed by atoms with Crippen molar-refractivity contribution in [3.8, 4) is 11.5 Å². The van der Waals surface area contributed by atoms with Crippen molar-refractivity contribution >= 4 is 22.9 Å². The van der Waals surface area contributed by atoms with Crippen LogP contribution in [0.25, 0.3) is 0 Å². The molecular weight excluding hydrogens is 430 g/mol. The first-order valence-corrected chi connectivity index (χ1v) is 13.0. The Morgan fingerprint density at radius 3 is 2.33 bits per heavy atom. The van der Waals surface area contributed by atoms with E-state index >= 15 is 0 Å². The summed E-state index contributed by atoms with van der Waals surface area (Å²) in [6.45, 7) is 0. The number of thiazole rings is 1. The van der Waals surface area contributed by atoms with Gasteiger partial charge in [-0.1, -0.05) is 43.9 Å². The fourth-order valence-corrected chi connectivity index (χ4v) is 5.47. The molecule has 1 heterocycles. The molecule has 3 aromatic rings. The van der Waals surface area contributed by atoms with Gasteiger partial charge in [-0.15, -0.1) is 11.3 Å². The van der Waals surface area contributed by atoms with E-state index in [4.69, 9.17) is 9.73 Å². The van der Waals surface area contributed by atoms with Crippen LogP contribution < -0.4 is 14.9 Å². The Kier molecular flexibility index (Phi) is 6.91. The second-order valence-corrected chi connectivity index (χ2v) is 9.89. The van der Waals surface area contributed by atoms with E-state index in [9.17, 15) is 4.79 Å². The molecule has 0 saturated heterocycles. The standard InChI is InChI=1S/C27H31N3O2S/c31-26(28-21-12-16-25(17-13-21)32-24-10-6-3-7-11-24)18-23-19-33-27(30(23)22-14-15-22)29-20-8-4-1-2-5-9-20/h3,6-7,10-13,16-17,19-20,22H,1-2,4-5,8-9,14-15,18H2,(H,28,31). The largest absolute Gasteiger partial charge is 0.457 e. The van der Waals surface area contributed by atoms with E-state index in [1.807, 2.05) is 54.6 Å². The van der Waals surface area contributed by atoms with Crippen LogP contribution in [-0.2, 0) is 11.2 Å². The van der Waals surface area contributed by atoms with Crippen LogP contribution in [0.2, 0.25) is 0 Å².